The van der Waals surface area contributed by atoms with Crippen LogP contribution in [0, 0.1) is 6.92 Å². The number of benzene rings is 1. The molecule has 0 unspecified atom stereocenters. The highest BCUT2D eigenvalue weighted by Crippen LogP contribution is 2.24. The number of nitrogens with one attached hydrogen (secondary N) is 1. The molecule has 1 aromatic carbocycles. The van der Waals surface area contributed by atoms with E-state index in [1.165, 1.54) is 18.2 Å². The Labute approximate surface area is 123 Å². The van der Waals surface area contributed by atoms with Gasteiger partial charge in [-0.2, -0.15) is 0 Å². The molecule has 104 valence electrons. The van der Waals surface area contributed by atoms with Crippen LogP contribution in [0.5, 0.6) is 0 Å². The van der Waals surface area contributed by atoms with Crippen molar-refractivity contribution in [1.29, 1.82) is 0 Å². The van der Waals surface area contributed by atoms with Crippen LogP contribution >= 0.6 is 22.9 Å². The molecule has 2 aromatic rings. The largest absolute Gasteiger partial charge is 0.478 e. The van der Waals surface area contributed by atoms with Crippen LogP contribution in [0.25, 0.3) is 0 Å². The molecule has 1 amide bonds. The van der Waals surface area contributed by atoms with Gasteiger partial charge in [-0.15, -0.1) is 0 Å². The van der Waals surface area contributed by atoms with Gasteiger partial charge in [0.15, 0.2) is 5.13 Å². The predicted octanol–water partition coefficient (Wildman–Crippen LogP) is 2.64. The average molecular weight is 312 g/mol. The van der Waals surface area contributed by atoms with E-state index in [0.29, 0.717) is 15.6 Å². The molecule has 8 heteroatoms. The summed E-state index contributed by atoms with van der Waals surface area (Å²) in [4.78, 5) is 27.5. The Morgan fingerprint density at radius 1 is 1.45 bits per heavy atom. The molecule has 0 saturated carbocycles. The van der Waals surface area contributed by atoms with Gasteiger partial charge in [0.25, 0.3) is 5.91 Å². The molecule has 0 spiro atoms. The molecular weight excluding hydrogens is 302 g/mol. The van der Waals surface area contributed by atoms with E-state index in [0.717, 1.165) is 11.3 Å². The fourth-order valence-corrected chi connectivity index (χ4v) is 2.51. The molecule has 0 aliphatic carbocycles. The zero-order chi connectivity index (χ0) is 14.9. The SMILES string of the molecule is Cc1nc(N)sc1C(=O)Nc1cc(Cl)ccc1C(=O)O. The van der Waals surface area contributed by atoms with Crippen LogP contribution < -0.4 is 11.1 Å². The number of hydrogen-bond donors (Lipinski definition) is 3. The maximum absolute atomic E-state index is 12.1. The summed E-state index contributed by atoms with van der Waals surface area (Å²) < 4.78 is 0. The van der Waals surface area contributed by atoms with E-state index in [9.17, 15) is 9.59 Å². The lowest BCUT2D eigenvalue weighted by Gasteiger charge is -2.08. The number of nitrogens with two attached hydrogens (primary N) is 1. The molecule has 0 bridgehead atoms. The summed E-state index contributed by atoms with van der Waals surface area (Å²) in [7, 11) is 0. The number of aryl methyl sites for hydroxylation is 1. The van der Waals surface area contributed by atoms with Crippen molar-refractivity contribution in [3.63, 3.8) is 0 Å². The van der Waals surface area contributed by atoms with Crippen LogP contribution in [-0.2, 0) is 0 Å². The molecule has 20 heavy (non-hydrogen) atoms. The summed E-state index contributed by atoms with van der Waals surface area (Å²) in [6, 6.07) is 4.15. The summed E-state index contributed by atoms with van der Waals surface area (Å²) in [5.41, 5.74) is 6.10. The van der Waals surface area contributed by atoms with Gasteiger partial charge in [-0.25, -0.2) is 9.78 Å². The van der Waals surface area contributed by atoms with Crippen molar-refractivity contribution in [2.45, 2.75) is 6.92 Å². The van der Waals surface area contributed by atoms with E-state index in [4.69, 9.17) is 22.4 Å². The maximum Gasteiger partial charge on any atom is 0.337 e. The maximum atomic E-state index is 12.1. The molecule has 0 saturated heterocycles. The van der Waals surface area contributed by atoms with Gasteiger partial charge in [0.05, 0.1) is 16.9 Å². The first-order chi connectivity index (χ1) is 9.38. The van der Waals surface area contributed by atoms with Crippen LogP contribution in [0.2, 0.25) is 5.02 Å². The Morgan fingerprint density at radius 2 is 2.15 bits per heavy atom. The number of nitrogen functional groups attached to an aromatic ring is 1. The second-order valence-electron chi connectivity index (χ2n) is 3.92. The molecule has 1 heterocycles. The van der Waals surface area contributed by atoms with Crippen molar-refractivity contribution in [3.8, 4) is 0 Å². The number of carboxylic acids is 1. The average Bonchev–Trinajstić information content (AvgIpc) is 2.68. The number of anilines is 2. The van der Waals surface area contributed by atoms with Gasteiger partial charge >= 0.3 is 5.97 Å². The first-order valence-corrected chi connectivity index (χ1v) is 6.65. The van der Waals surface area contributed by atoms with Crippen LogP contribution in [0.1, 0.15) is 25.7 Å². The molecule has 0 radical (unpaired) electrons. The summed E-state index contributed by atoms with van der Waals surface area (Å²) in [6.45, 7) is 1.65. The number of aromatic carboxylic acids is 1. The fourth-order valence-electron chi connectivity index (χ4n) is 1.61. The Hall–Kier alpha value is -2.12. The number of amides is 1. The topological polar surface area (TPSA) is 105 Å². The fraction of sp³-hybridized carbons (Fsp3) is 0.0833. The zero-order valence-corrected chi connectivity index (χ0v) is 11.9. The second kappa shape index (κ2) is 5.48. The Morgan fingerprint density at radius 3 is 2.70 bits per heavy atom. The molecule has 6 nitrogen and oxygen atoms in total. The number of aromatic nitrogens is 1. The van der Waals surface area contributed by atoms with Crippen molar-refractivity contribution in [2.75, 3.05) is 11.1 Å². The quantitative estimate of drug-likeness (QED) is 0.808. The third-order valence-electron chi connectivity index (χ3n) is 2.48. The zero-order valence-electron chi connectivity index (χ0n) is 10.3. The monoisotopic (exact) mass is 311 g/mol. The van der Waals surface area contributed by atoms with Gasteiger partial charge in [0, 0.05) is 5.02 Å². The first kappa shape index (κ1) is 14.3. The first-order valence-electron chi connectivity index (χ1n) is 5.45. The molecule has 4 N–H and O–H groups in total. The Bertz CT molecular complexity index is 699. The summed E-state index contributed by atoms with van der Waals surface area (Å²) >= 11 is 6.85. The number of carbonyl (C=O) groups excluding carboxylic acids is 1. The Kier molecular flexibility index (Phi) is 3.91. The van der Waals surface area contributed by atoms with Crippen molar-refractivity contribution in [2.24, 2.45) is 0 Å². The number of nitrogens with zero attached hydrogens (tertiary/aromatic N) is 1. The predicted molar refractivity (Wildman–Crippen MR) is 77.6 cm³/mol. The van der Waals surface area contributed by atoms with Gasteiger partial charge in [-0.1, -0.05) is 22.9 Å². The molecule has 1 aromatic heterocycles. The third-order valence-corrected chi connectivity index (χ3v) is 3.70. The number of rotatable bonds is 3. The molecule has 0 fully saturated rings. The molecule has 0 aliphatic heterocycles. The summed E-state index contributed by atoms with van der Waals surface area (Å²) in [5, 5.41) is 12.2. The van der Waals surface area contributed by atoms with Crippen molar-refractivity contribution in [3.05, 3.63) is 39.4 Å². The normalized spacial score (nSPS) is 10.3. The third kappa shape index (κ3) is 2.89. The highest BCUT2D eigenvalue weighted by Gasteiger charge is 2.18. The van der Waals surface area contributed by atoms with E-state index in [1.54, 1.807) is 6.92 Å². The minimum atomic E-state index is -1.16. The Balaban J connectivity index is 2.34. The minimum Gasteiger partial charge on any atom is -0.478 e. The molecule has 2 rings (SSSR count). The summed E-state index contributed by atoms with van der Waals surface area (Å²) in [5.74, 6) is -1.63. The van der Waals surface area contributed by atoms with E-state index in [1.807, 2.05) is 0 Å². The van der Waals surface area contributed by atoms with Crippen LogP contribution in [0.15, 0.2) is 18.2 Å². The highest BCUT2D eigenvalue weighted by molar-refractivity contribution is 7.17. The molecule has 0 aliphatic rings. The number of thiazole rings is 1. The lowest BCUT2D eigenvalue weighted by atomic mass is 10.1. The highest BCUT2D eigenvalue weighted by atomic mass is 35.5. The van der Waals surface area contributed by atoms with Crippen LogP contribution in [-0.4, -0.2) is 22.0 Å². The van der Waals surface area contributed by atoms with Crippen LogP contribution in [0.3, 0.4) is 0 Å². The van der Waals surface area contributed by atoms with Gasteiger partial charge in [0.1, 0.15) is 4.88 Å². The van der Waals surface area contributed by atoms with E-state index in [-0.39, 0.29) is 16.4 Å². The minimum absolute atomic E-state index is 0.0436. The number of hydrogen-bond acceptors (Lipinski definition) is 5. The van der Waals surface area contributed by atoms with Crippen molar-refractivity contribution in [1.82, 2.24) is 4.98 Å². The number of halogens is 1. The summed E-state index contributed by atoms with van der Waals surface area (Å²) in [6.07, 6.45) is 0. The van der Waals surface area contributed by atoms with E-state index >= 15 is 0 Å². The number of carboxylic acid groups (broad SMARTS) is 1. The van der Waals surface area contributed by atoms with Gasteiger partial charge < -0.3 is 16.2 Å². The standard InChI is InChI=1S/C12H10ClN3O3S/c1-5-9(20-12(14)15-5)10(17)16-8-4-6(13)2-3-7(8)11(18)19/h2-4H,1H3,(H2,14,15)(H,16,17)(H,18,19). The smallest absolute Gasteiger partial charge is 0.337 e. The van der Waals surface area contributed by atoms with Crippen molar-refractivity contribution >= 4 is 45.6 Å². The van der Waals surface area contributed by atoms with E-state index < -0.39 is 11.9 Å². The number of carbonyl (C=O) groups is 2. The van der Waals surface area contributed by atoms with Gasteiger partial charge in [-0.3, -0.25) is 4.79 Å². The van der Waals surface area contributed by atoms with Crippen molar-refractivity contribution < 1.29 is 14.7 Å². The second-order valence-corrected chi connectivity index (χ2v) is 5.38. The lowest BCUT2D eigenvalue weighted by Crippen LogP contribution is -2.14. The molecule has 0 atom stereocenters. The lowest BCUT2D eigenvalue weighted by molar-refractivity contribution is 0.0698. The van der Waals surface area contributed by atoms with Crippen LogP contribution in [0.4, 0.5) is 10.8 Å². The van der Waals surface area contributed by atoms with Gasteiger partial charge in [-0.05, 0) is 25.1 Å². The van der Waals surface area contributed by atoms with E-state index in [2.05, 4.69) is 10.3 Å². The van der Waals surface area contributed by atoms with Gasteiger partial charge in [0.2, 0.25) is 0 Å². The molecular formula is C12H10ClN3O3S.